The molecule has 0 aliphatic rings. The van der Waals surface area contributed by atoms with Gasteiger partial charge in [-0.05, 0) is 25.1 Å². The van der Waals surface area contributed by atoms with E-state index in [1.54, 1.807) is 42.5 Å². The fourth-order valence-corrected chi connectivity index (χ4v) is 2.17. The molecular formula is C18H14F3N3. The van der Waals surface area contributed by atoms with Gasteiger partial charge in [0, 0.05) is 11.3 Å². The van der Waals surface area contributed by atoms with Crippen LogP contribution >= 0.6 is 0 Å². The van der Waals surface area contributed by atoms with E-state index in [1.807, 2.05) is 19.1 Å². The SMILES string of the molecule is Cc1ccc(Nc2nc(-c3ccccc3)cc(C(F)(F)F)n2)cc1. The summed E-state index contributed by atoms with van der Waals surface area (Å²) >= 11 is 0. The molecule has 1 N–H and O–H groups in total. The Kier molecular flexibility index (Phi) is 4.20. The fourth-order valence-electron chi connectivity index (χ4n) is 2.17. The van der Waals surface area contributed by atoms with Gasteiger partial charge in [-0.3, -0.25) is 0 Å². The minimum atomic E-state index is -4.55. The van der Waals surface area contributed by atoms with Gasteiger partial charge in [0.15, 0.2) is 5.69 Å². The Hall–Kier alpha value is -2.89. The summed E-state index contributed by atoms with van der Waals surface area (Å²) in [6.45, 7) is 1.93. The number of aryl methyl sites for hydroxylation is 1. The molecule has 0 aliphatic heterocycles. The number of alkyl halides is 3. The normalized spacial score (nSPS) is 11.3. The molecule has 3 rings (SSSR count). The van der Waals surface area contributed by atoms with Crippen molar-refractivity contribution in [2.24, 2.45) is 0 Å². The number of halogens is 3. The molecule has 0 bridgehead atoms. The van der Waals surface area contributed by atoms with Crippen molar-refractivity contribution in [2.45, 2.75) is 13.1 Å². The molecule has 0 saturated carbocycles. The summed E-state index contributed by atoms with van der Waals surface area (Å²) in [6.07, 6.45) is -4.55. The third-order valence-corrected chi connectivity index (χ3v) is 3.39. The summed E-state index contributed by atoms with van der Waals surface area (Å²) in [5.74, 6) is -0.0902. The van der Waals surface area contributed by atoms with E-state index in [1.165, 1.54) is 0 Å². The highest BCUT2D eigenvalue weighted by Gasteiger charge is 2.33. The molecular weight excluding hydrogens is 315 g/mol. The smallest absolute Gasteiger partial charge is 0.324 e. The number of benzene rings is 2. The summed E-state index contributed by atoms with van der Waals surface area (Å²) in [7, 11) is 0. The van der Waals surface area contributed by atoms with Gasteiger partial charge in [0.2, 0.25) is 5.95 Å². The average molecular weight is 329 g/mol. The Morgan fingerprint density at radius 3 is 2.17 bits per heavy atom. The molecule has 122 valence electrons. The lowest BCUT2D eigenvalue weighted by molar-refractivity contribution is -0.141. The van der Waals surface area contributed by atoms with E-state index in [9.17, 15) is 13.2 Å². The molecule has 1 heterocycles. The van der Waals surface area contributed by atoms with Crippen LogP contribution in [0.5, 0.6) is 0 Å². The van der Waals surface area contributed by atoms with Gasteiger partial charge in [-0.15, -0.1) is 0 Å². The van der Waals surface area contributed by atoms with Gasteiger partial charge in [0.25, 0.3) is 0 Å². The van der Waals surface area contributed by atoms with Gasteiger partial charge in [-0.2, -0.15) is 13.2 Å². The standard InChI is InChI=1S/C18H14F3N3/c1-12-7-9-14(10-8-12)22-17-23-15(13-5-3-2-4-6-13)11-16(24-17)18(19,20)21/h2-11H,1H3,(H,22,23,24). The number of aromatic nitrogens is 2. The minimum Gasteiger partial charge on any atom is -0.324 e. The largest absolute Gasteiger partial charge is 0.433 e. The van der Waals surface area contributed by atoms with Gasteiger partial charge in [0.1, 0.15) is 0 Å². The number of nitrogens with zero attached hydrogens (tertiary/aromatic N) is 2. The monoisotopic (exact) mass is 329 g/mol. The van der Waals surface area contributed by atoms with Crippen LogP contribution in [0.15, 0.2) is 60.7 Å². The summed E-state index contributed by atoms with van der Waals surface area (Å²) in [5.41, 5.74) is 1.50. The van der Waals surface area contributed by atoms with E-state index in [4.69, 9.17) is 0 Å². The van der Waals surface area contributed by atoms with Crippen molar-refractivity contribution in [1.29, 1.82) is 0 Å². The Morgan fingerprint density at radius 1 is 0.875 bits per heavy atom. The second-order valence-corrected chi connectivity index (χ2v) is 5.32. The van der Waals surface area contributed by atoms with Gasteiger partial charge in [0.05, 0.1) is 5.69 Å². The number of hydrogen-bond acceptors (Lipinski definition) is 3. The van der Waals surface area contributed by atoms with Gasteiger partial charge in [-0.25, -0.2) is 9.97 Å². The minimum absolute atomic E-state index is 0.0902. The lowest BCUT2D eigenvalue weighted by Gasteiger charge is -2.12. The number of rotatable bonds is 3. The molecule has 0 radical (unpaired) electrons. The molecule has 0 spiro atoms. The predicted molar refractivity (Wildman–Crippen MR) is 86.9 cm³/mol. The molecule has 0 aliphatic carbocycles. The van der Waals surface area contributed by atoms with E-state index in [-0.39, 0.29) is 11.6 Å². The Morgan fingerprint density at radius 2 is 1.54 bits per heavy atom. The summed E-state index contributed by atoms with van der Waals surface area (Å²) in [4.78, 5) is 7.81. The Bertz CT molecular complexity index is 828. The molecule has 0 atom stereocenters. The molecule has 0 unspecified atom stereocenters. The quantitative estimate of drug-likeness (QED) is 0.716. The maximum atomic E-state index is 13.1. The third-order valence-electron chi connectivity index (χ3n) is 3.39. The zero-order chi connectivity index (χ0) is 17.2. The Labute approximate surface area is 137 Å². The van der Waals surface area contributed by atoms with Crippen LogP contribution in [0.3, 0.4) is 0 Å². The summed E-state index contributed by atoms with van der Waals surface area (Å²) in [6, 6.07) is 16.9. The maximum absolute atomic E-state index is 13.1. The second-order valence-electron chi connectivity index (χ2n) is 5.32. The topological polar surface area (TPSA) is 37.8 Å². The summed E-state index contributed by atoms with van der Waals surface area (Å²) in [5, 5.41) is 2.83. The van der Waals surface area contributed by atoms with Crippen molar-refractivity contribution < 1.29 is 13.2 Å². The van der Waals surface area contributed by atoms with Crippen LogP contribution in [0.1, 0.15) is 11.3 Å². The maximum Gasteiger partial charge on any atom is 0.433 e. The van der Waals surface area contributed by atoms with E-state index in [0.29, 0.717) is 11.3 Å². The predicted octanol–water partition coefficient (Wildman–Crippen LogP) is 5.21. The number of hydrogen-bond donors (Lipinski definition) is 1. The van der Waals surface area contributed by atoms with Crippen molar-refractivity contribution in [2.75, 3.05) is 5.32 Å². The lowest BCUT2D eigenvalue weighted by atomic mass is 10.1. The van der Waals surface area contributed by atoms with Gasteiger partial charge >= 0.3 is 6.18 Å². The summed E-state index contributed by atoms with van der Waals surface area (Å²) < 4.78 is 39.4. The first-order chi connectivity index (χ1) is 11.4. The van der Waals surface area contributed by atoms with Crippen LogP contribution in [-0.2, 0) is 6.18 Å². The van der Waals surface area contributed by atoms with Crippen LogP contribution < -0.4 is 5.32 Å². The fraction of sp³-hybridized carbons (Fsp3) is 0.111. The first-order valence-corrected chi connectivity index (χ1v) is 7.27. The zero-order valence-corrected chi connectivity index (χ0v) is 12.8. The Balaban J connectivity index is 2.03. The van der Waals surface area contributed by atoms with E-state index in [2.05, 4.69) is 15.3 Å². The highest BCUT2D eigenvalue weighted by molar-refractivity contribution is 5.63. The highest BCUT2D eigenvalue weighted by atomic mass is 19.4. The first kappa shape index (κ1) is 16.0. The van der Waals surface area contributed by atoms with Crippen LogP contribution in [0.2, 0.25) is 0 Å². The first-order valence-electron chi connectivity index (χ1n) is 7.27. The van der Waals surface area contributed by atoms with Crippen LogP contribution in [0.4, 0.5) is 24.8 Å². The highest BCUT2D eigenvalue weighted by Crippen LogP contribution is 2.31. The molecule has 1 aromatic heterocycles. The van der Waals surface area contributed by atoms with E-state index >= 15 is 0 Å². The molecule has 0 amide bonds. The molecule has 24 heavy (non-hydrogen) atoms. The van der Waals surface area contributed by atoms with Crippen molar-refractivity contribution in [1.82, 2.24) is 9.97 Å². The van der Waals surface area contributed by atoms with Crippen molar-refractivity contribution in [3.63, 3.8) is 0 Å². The number of nitrogens with one attached hydrogen (secondary N) is 1. The van der Waals surface area contributed by atoms with Gasteiger partial charge < -0.3 is 5.32 Å². The van der Waals surface area contributed by atoms with Crippen molar-refractivity contribution >= 4 is 11.6 Å². The lowest BCUT2D eigenvalue weighted by Crippen LogP contribution is -2.11. The molecule has 2 aromatic carbocycles. The van der Waals surface area contributed by atoms with Gasteiger partial charge in [-0.1, -0.05) is 48.0 Å². The van der Waals surface area contributed by atoms with Crippen LogP contribution in [-0.4, -0.2) is 9.97 Å². The molecule has 6 heteroatoms. The average Bonchev–Trinajstić information content (AvgIpc) is 2.57. The van der Waals surface area contributed by atoms with Crippen molar-refractivity contribution in [3.8, 4) is 11.3 Å². The van der Waals surface area contributed by atoms with Crippen LogP contribution in [0, 0.1) is 6.92 Å². The van der Waals surface area contributed by atoms with Crippen LogP contribution in [0.25, 0.3) is 11.3 Å². The zero-order valence-electron chi connectivity index (χ0n) is 12.8. The van der Waals surface area contributed by atoms with E-state index < -0.39 is 11.9 Å². The second kappa shape index (κ2) is 6.31. The molecule has 3 aromatic rings. The van der Waals surface area contributed by atoms with E-state index in [0.717, 1.165) is 11.6 Å². The van der Waals surface area contributed by atoms with Crippen molar-refractivity contribution in [3.05, 3.63) is 71.9 Å². The molecule has 0 fully saturated rings. The molecule has 0 saturated heterocycles. The molecule has 3 nitrogen and oxygen atoms in total. The third kappa shape index (κ3) is 3.71. The number of anilines is 2.